The number of hydrazine groups is 3. The molecular formula is H5IN4O2. The summed E-state index contributed by atoms with van der Waals surface area (Å²) in [6.45, 7) is 0. The van der Waals surface area contributed by atoms with Crippen molar-refractivity contribution in [1.29, 1.82) is 0 Å². The minimum atomic E-state index is -0.00750. The van der Waals surface area contributed by atoms with Gasteiger partial charge in [-0.05, 0) is 10.6 Å². The fraction of sp³-hybridized carbons (Fsp3) is 0. The van der Waals surface area contributed by atoms with Gasteiger partial charge in [0, 0.05) is 22.9 Å². The summed E-state index contributed by atoms with van der Waals surface area (Å²) in [5, 5.41) is 16.4. The molecule has 0 amide bonds. The smallest absolute Gasteiger partial charge is 0.0371 e. The summed E-state index contributed by atoms with van der Waals surface area (Å²) in [7, 11) is 0. The summed E-state index contributed by atoms with van der Waals surface area (Å²) in [6, 6.07) is 0. The molecular weight excluding hydrogens is 215 g/mol. The number of nitrogens with zero attached hydrogens (tertiary/aromatic N) is 2. The fourth-order valence-corrected chi connectivity index (χ4v) is 0.260. The van der Waals surface area contributed by atoms with Crippen molar-refractivity contribution in [3.05, 3.63) is 0 Å². The Kier molecular flexibility index (Phi) is 3.73. The molecule has 0 heterocycles. The van der Waals surface area contributed by atoms with Crippen LogP contribution in [0.25, 0.3) is 0 Å². The summed E-state index contributed by atoms with van der Waals surface area (Å²) >= 11 is 1.57. The first kappa shape index (κ1) is 7.49. The highest BCUT2D eigenvalue weighted by Gasteiger charge is 1.98. The SMILES string of the molecule is NN(O)N(O)NI. The quantitative estimate of drug-likeness (QED) is 0.207. The zero-order valence-electron chi connectivity index (χ0n) is 3.24. The van der Waals surface area contributed by atoms with Crippen LogP contribution in [0.2, 0.25) is 0 Å². The fourth-order valence-electron chi connectivity index (χ4n) is 0.0387. The van der Waals surface area contributed by atoms with Gasteiger partial charge in [0.25, 0.3) is 0 Å². The van der Waals surface area contributed by atoms with E-state index in [2.05, 4.69) is 9.48 Å². The lowest BCUT2D eigenvalue weighted by atomic mass is 12.2. The van der Waals surface area contributed by atoms with Crippen molar-refractivity contribution in [2.75, 3.05) is 0 Å². The van der Waals surface area contributed by atoms with E-state index in [0.717, 1.165) is 0 Å². The largest absolute Gasteiger partial charge is 0.282 e. The Bertz CT molecular complexity index is 47.0. The van der Waals surface area contributed by atoms with Gasteiger partial charge >= 0.3 is 0 Å². The van der Waals surface area contributed by atoms with Crippen LogP contribution in [-0.4, -0.2) is 21.0 Å². The maximum Gasteiger partial charge on any atom is 0.0371 e. The Morgan fingerprint density at radius 3 is 2.00 bits per heavy atom. The lowest BCUT2D eigenvalue weighted by Gasteiger charge is -2.14. The normalized spacial score (nSPS) is 11.1. The second-order valence-corrected chi connectivity index (χ2v) is 1.18. The molecule has 0 rings (SSSR count). The maximum atomic E-state index is 8.20. The molecule has 44 valence electrons. The highest BCUT2D eigenvalue weighted by molar-refractivity contribution is 14.1. The van der Waals surface area contributed by atoms with Crippen LogP contribution in [-0.2, 0) is 0 Å². The van der Waals surface area contributed by atoms with Gasteiger partial charge < -0.3 is 0 Å². The highest BCUT2D eigenvalue weighted by atomic mass is 127. The lowest BCUT2D eigenvalue weighted by Crippen LogP contribution is -2.47. The Labute approximate surface area is 53.8 Å². The van der Waals surface area contributed by atoms with Gasteiger partial charge in [0.2, 0.25) is 0 Å². The van der Waals surface area contributed by atoms with Crippen LogP contribution in [0.15, 0.2) is 0 Å². The predicted molar refractivity (Wildman–Crippen MR) is 28.6 cm³/mol. The summed E-state index contributed by atoms with van der Waals surface area (Å²) in [6.07, 6.45) is 0. The molecule has 0 unspecified atom stereocenters. The highest BCUT2D eigenvalue weighted by Crippen LogP contribution is 1.76. The number of rotatable bonds is 2. The minimum Gasteiger partial charge on any atom is -0.282 e. The van der Waals surface area contributed by atoms with E-state index in [1.165, 1.54) is 0 Å². The van der Waals surface area contributed by atoms with E-state index >= 15 is 0 Å². The average Bonchev–Trinajstić information content (AvgIpc) is 1.65. The molecule has 0 aliphatic rings. The summed E-state index contributed by atoms with van der Waals surface area (Å²) in [5.41, 5.74) is 0. The van der Waals surface area contributed by atoms with Gasteiger partial charge in [-0.2, -0.15) is 3.64 Å². The summed E-state index contributed by atoms with van der Waals surface area (Å²) in [5.74, 6) is 4.54. The van der Waals surface area contributed by atoms with E-state index < -0.39 is 0 Å². The standard InChI is InChI=1S/H5IN4O2/c1-3-5(7)4(2)6/h3,6-7H,2H2. The molecule has 0 aliphatic heterocycles. The Morgan fingerprint density at radius 2 is 2.00 bits per heavy atom. The van der Waals surface area contributed by atoms with Gasteiger partial charge in [-0.15, -0.1) is 0 Å². The Balaban J connectivity index is 3.14. The second-order valence-electron chi connectivity index (χ2n) is 0.694. The molecule has 0 aliphatic carbocycles. The van der Waals surface area contributed by atoms with E-state index in [1.54, 1.807) is 22.9 Å². The van der Waals surface area contributed by atoms with Gasteiger partial charge in [0.05, 0.1) is 0 Å². The predicted octanol–water partition coefficient (Wildman–Crippen LogP) is -0.988. The van der Waals surface area contributed by atoms with Gasteiger partial charge in [-0.3, -0.25) is 10.4 Å². The molecule has 7 heavy (non-hydrogen) atoms. The molecule has 0 fully saturated rings. The van der Waals surface area contributed by atoms with Crippen molar-refractivity contribution in [3.63, 3.8) is 0 Å². The molecule has 0 spiro atoms. The maximum absolute atomic E-state index is 8.20. The molecule has 6 nitrogen and oxygen atoms in total. The van der Waals surface area contributed by atoms with Gasteiger partial charge in [0.15, 0.2) is 0 Å². The Morgan fingerprint density at radius 1 is 1.57 bits per heavy atom. The van der Waals surface area contributed by atoms with Crippen LogP contribution in [0.5, 0.6) is 0 Å². The van der Waals surface area contributed by atoms with Crippen molar-refractivity contribution < 1.29 is 10.4 Å². The molecule has 0 aromatic rings. The molecule has 0 aromatic carbocycles. The first-order valence-electron chi connectivity index (χ1n) is 1.27. The topological polar surface area (TPSA) is 85.0 Å². The van der Waals surface area contributed by atoms with Crippen molar-refractivity contribution in [2.45, 2.75) is 0 Å². The number of halogens is 1. The first-order valence-corrected chi connectivity index (χ1v) is 2.35. The second kappa shape index (κ2) is 3.49. The van der Waals surface area contributed by atoms with Crippen molar-refractivity contribution in [2.24, 2.45) is 5.84 Å². The van der Waals surface area contributed by atoms with Crippen molar-refractivity contribution in [1.82, 2.24) is 14.2 Å². The number of nitrogens with two attached hydrogens (primary N) is 1. The molecule has 0 aromatic heterocycles. The van der Waals surface area contributed by atoms with Crippen LogP contribution in [0.3, 0.4) is 0 Å². The van der Waals surface area contributed by atoms with Gasteiger partial charge in [0.1, 0.15) is 0 Å². The first-order chi connectivity index (χ1) is 3.18. The number of hydrogen-bond donors (Lipinski definition) is 4. The monoisotopic (exact) mass is 220 g/mol. The van der Waals surface area contributed by atoms with E-state index in [9.17, 15) is 0 Å². The van der Waals surface area contributed by atoms with Crippen LogP contribution >= 0.6 is 22.9 Å². The number of nitrogens with one attached hydrogen (secondary N) is 1. The molecule has 5 N–H and O–H groups in total. The van der Waals surface area contributed by atoms with E-state index in [0.29, 0.717) is 0 Å². The molecule has 7 heteroatoms. The van der Waals surface area contributed by atoms with Crippen LogP contribution in [0.1, 0.15) is 0 Å². The Hall–Kier alpha value is 0.490. The molecule has 0 bridgehead atoms. The third kappa shape index (κ3) is 3.11. The van der Waals surface area contributed by atoms with Crippen LogP contribution in [0, 0.1) is 0 Å². The summed E-state index contributed by atoms with van der Waals surface area (Å²) < 4.78 is 2.07. The molecule has 0 atom stereocenters. The molecule has 0 saturated heterocycles. The zero-order valence-corrected chi connectivity index (χ0v) is 5.40. The summed E-state index contributed by atoms with van der Waals surface area (Å²) in [4.78, 5) is 0. The third-order valence-corrected chi connectivity index (χ3v) is 0.701. The van der Waals surface area contributed by atoms with Crippen LogP contribution in [0.4, 0.5) is 0 Å². The zero-order chi connectivity index (χ0) is 5.86. The lowest BCUT2D eigenvalue weighted by molar-refractivity contribution is -0.380. The van der Waals surface area contributed by atoms with Crippen LogP contribution < -0.4 is 9.48 Å². The van der Waals surface area contributed by atoms with E-state index in [4.69, 9.17) is 10.4 Å². The molecule has 0 saturated carbocycles. The van der Waals surface area contributed by atoms with E-state index in [1.807, 2.05) is 0 Å². The third-order valence-electron chi connectivity index (χ3n) is 0.270. The van der Waals surface area contributed by atoms with Gasteiger partial charge in [-0.1, -0.05) is 0 Å². The van der Waals surface area contributed by atoms with E-state index in [-0.39, 0.29) is 10.6 Å². The number of hydrogen-bond acceptors (Lipinski definition) is 6. The van der Waals surface area contributed by atoms with Crippen molar-refractivity contribution >= 4 is 22.9 Å². The molecule has 0 radical (unpaired) electrons. The van der Waals surface area contributed by atoms with Gasteiger partial charge in [-0.25, -0.2) is 5.84 Å². The average molecular weight is 220 g/mol. The van der Waals surface area contributed by atoms with Crippen molar-refractivity contribution in [3.8, 4) is 0 Å². The minimum absolute atomic E-state index is 0.00750.